The van der Waals surface area contributed by atoms with Gasteiger partial charge in [0, 0.05) is 84.9 Å². The van der Waals surface area contributed by atoms with Crippen LogP contribution in [0.2, 0.25) is 0 Å². The van der Waals surface area contributed by atoms with E-state index < -0.39 is 5.41 Å². The van der Waals surface area contributed by atoms with Gasteiger partial charge in [0.25, 0.3) is 0 Å². The first kappa shape index (κ1) is 66.8. The summed E-state index contributed by atoms with van der Waals surface area (Å²) < 4.78 is 13.5. The van der Waals surface area contributed by atoms with Gasteiger partial charge in [0.05, 0.1) is 98.5 Å². The molecule has 0 bridgehead atoms. The zero-order chi connectivity index (χ0) is 79.8. The lowest BCUT2D eigenvalue weighted by atomic mass is 9.80. The van der Waals surface area contributed by atoms with Crippen LogP contribution < -0.4 is 0 Å². The first-order valence-electron chi connectivity index (χ1n) is 40.7. The fourth-order valence-corrected chi connectivity index (χ4v) is 24.4. The summed E-state index contributed by atoms with van der Waals surface area (Å²) in [4.78, 5) is 0. The second kappa shape index (κ2) is 23.7. The first-order chi connectivity index (χ1) is 58.9. The lowest BCUT2D eigenvalue weighted by Crippen LogP contribution is -2.15. The van der Waals surface area contributed by atoms with Crippen LogP contribution in [0.4, 0.5) is 0 Å². The monoisotopic (exact) mass is 1560 g/mol. The Kier molecular flexibility index (Phi) is 13.2. The zero-order valence-electron chi connectivity index (χ0n) is 65.3. The molecule has 2 aliphatic rings. The van der Waals surface area contributed by atoms with Crippen LogP contribution in [0.5, 0.6) is 0 Å². The second-order valence-electron chi connectivity index (χ2n) is 33.7. The van der Waals surface area contributed by atoms with Crippen molar-refractivity contribution in [3.05, 3.63) is 348 Å². The summed E-state index contributed by atoms with van der Waals surface area (Å²) in [6.07, 6.45) is 0. The maximum atomic E-state index is 11.6. The highest BCUT2D eigenvalue weighted by Crippen LogP contribution is 2.58. The molecule has 0 aliphatic heterocycles. The van der Waals surface area contributed by atoms with Gasteiger partial charge in [-0.1, -0.05) is 234 Å². The average molecular weight is 1560 g/mol. The molecule has 120 heavy (non-hydrogen) atoms. The van der Waals surface area contributed by atoms with Crippen LogP contribution in [0.1, 0.15) is 72.2 Å². The number of hydrogen-bond donors (Lipinski definition) is 0. The Morgan fingerprint density at radius 3 is 1.12 bits per heavy atom. The molecule has 0 radical (unpaired) electrons. The maximum absolute atomic E-state index is 11.6. The van der Waals surface area contributed by atoms with Gasteiger partial charge in [-0.3, -0.25) is 0 Å². The summed E-state index contributed by atoms with van der Waals surface area (Å²) >= 11 is 3.56. The minimum absolute atomic E-state index is 0.301. The van der Waals surface area contributed by atoms with E-state index in [2.05, 4.69) is 349 Å². The number of rotatable bonds is 5. The lowest BCUT2D eigenvalue weighted by molar-refractivity contribution is 0.661. The van der Waals surface area contributed by atoms with Gasteiger partial charge in [-0.05, 0) is 196 Å². The molecule has 0 amide bonds. The molecule has 0 spiro atoms. The van der Waals surface area contributed by atoms with E-state index in [-0.39, 0.29) is 5.41 Å². The smallest absolute Gasteiger partial charge is 0.101 e. The number of nitriles is 4. The summed E-state index contributed by atoms with van der Waals surface area (Å²) in [6, 6.07) is 120. The van der Waals surface area contributed by atoms with E-state index in [4.69, 9.17) is 0 Å². The van der Waals surface area contributed by atoms with Crippen LogP contribution in [0.25, 0.3) is 227 Å². The third-order valence-corrected chi connectivity index (χ3v) is 29.6. The summed E-state index contributed by atoms with van der Waals surface area (Å²) in [5, 5.41) is 69.3. The Hall–Kier alpha value is -15.4. The van der Waals surface area contributed by atoms with E-state index in [1.54, 1.807) is 22.7 Å². The molecule has 0 saturated heterocycles. The Morgan fingerprint density at radius 2 is 0.617 bits per heavy atom. The van der Waals surface area contributed by atoms with E-state index in [0.717, 1.165) is 129 Å². The van der Waals surface area contributed by atoms with E-state index in [9.17, 15) is 21.0 Å². The normalized spacial score (nSPS) is 13.4. The van der Waals surface area contributed by atoms with Crippen LogP contribution in [0.15, 0.2) is 303 Å². The Morgan fingerprint density at radius 1 is 0.250 bits per heavy atom. The molecule has 2 aliphatic carbocycles. The predicted molar refractivity (Wildman–Crippen MR) is 499 cm³/mol. The molecule has 6 heterocycles. The van der Waals surface area contributed by atoms with Crippen LogP contribution in [0.3, 0.4) is 0 Å². The Labute approximate surface area is 694 Å². The maximum Gasteiger partial charge on any atom is 0.101 e. The van der Waals surface area contributed by atoms with E-state index >= 15 is 0 Å². The van der Waals surface area contributed by atoms with Crippen molar-refractivity contribution in [3.63, 3.8) is 0 Å². The molecule has 10 heteroatoms. The molecule has 6 aromatic heterocycles. The summed E-state index contributed by atoms with van der Waals surface area (Å²) in [5.41, 5.74) is 23.7. The molecule has 8 nitrogen and oxygen atoms in total. The van der Waals surface area contributed by atoms with Crippen molar-refractivity contribution in [1.82, 2.24) is 18.3 Å². The molecule has 0 fully saturated rings. The first-order valence-corrected chi connectivity index (χ1v) is 42.3. The minimum Gasteiger partial charge on any atom is -0.308 e. The zero-order valence-corrected chi connectivity index (χ0v) is 66.9. The molecule has 0 saturated carbocycles. The van der Waals surface area contributed by atoms with Crippen molar-refractivity contribution >= 4 is 193 Å². The highest BCUT2D eigenvalue weighted by molar-refractivity contribution is 7.27. The van der Waals surface area contributed by atoms with Crippen LogP contribution in [-0.4, -0.2) is 18.3 Å². The molecule has 0 unspecified atom stereocenters. The van der Waals surface area contributed by atoms with Crippen molar-refractivity contribution in [3.8, 4) is 80.4 Å². The van der Waals surface area contributed by atoms with E-state index in [1.807, 2.05) is 24.3 Å². The highest BCUT2D eigenvalue weighted by Gasteiger charge is 2.41. The van der Waals surface area contributed by atoms with Gasteiger partial charge in [-0.2, -0.15) is 21.0 Å². The topological polar surface area (TPSA) is 115 Å². The Bertz CT molecular complexity index is 9190. The number of thiophene rings is 2. The predicted octanol–water partition coefficient (Wildman–Crippen LogP) is 29.2. The van der Waals surface area contributed by atoms with Gasteiger partial charge in [0.15, 0.2) is 0 Å². The molecule has 18 aromatic carbocycles. The summed E-state index contributed by atoms with van der Waals surface area (Å²) in [5.74, 6) is 0. The molecule has 0 atom stereocenters. The molecular weight excluding hydrogens is 1500 g/mol. The SMILES string of the molecule is CC1(C)c2cc3c(cc2-c2c1ccc1ccccc21)c1ccccc1n3-c1cc(C#N)c(-n2c3ccccc3c3cc4c(cc32)C(C)(C)c2cc(-c3ccc5c(ccc6sc7c(ccc8c9ccccc9n(-c9cc(C#N)c(-n%10c%11ccccc%11c%11ccc%12c(sc%13ccc%14ccccc%14c%13%12)c%11%10)cc9C#N)c87)c65)c3)c3ccccc3c2-4)cc1C#N. The van der Waals surface area contributed by atoms with Crippen molar-refractivity contribution in [2.75, 3.05) is 0 Å². The average Bonchev–Trinajstić information content (AvgIpc) is 1.54. The molecule has 26 rings (SSSR count). The Balaban J connectivity index is 0.602. The fourth-order valence-electron chi connectivity index (χ4n) is 21.8. The molecule has 0 N–H and O–H groups in total. The van der Waals surface area contributed by atoms with Crippen molar-refractivity contribution in [2.45, 2.75) is 38.5 Å². The number of para-hydroxylation sites is 4. The molecule has 554 valence electrons. The lowest BCUT2D eigenvalue weighted by Gasteiger charge is -2.23. The largest absolute Gasteiger partial charge is 0.308 e. The van der Waals surface area contributed by atoms with Gasteiger partial charge in [-0.15, -0.1) is 22.7 Å². The van der Waals surface area contributed by atoms with Crippen molar-refractivity contribution in [2.24, 2.45) is 0 Å². The third-order valence-electron chi connectivity index (χ3n) is 27.2. The van der Waals surface area contributed by atoms with Crippen LogP contribution in [0, 0.1) is 45.3 Å². The van der Waals surface area contributed by atoms with E-state index in [0.29, 0.717) is 45.0 Å². The molecule has 24 aromatic rings. The third kappa shape index (κ3) is 8.57. The van der Waals surface area contributed by atoms with Crippen molar-refractivity contribution < 1.29 is 0 Å². The van der Waals surface area contributed by atoms with Gasteiger partial charge in [0.2, 0.25) is 0 Å². The number of hydrogen-bond acceptors (Lipinski definition) is 6. The highest BCUT2D eigenvalue weighted by atomic mass is 32.1. The number of fused-ring (bicyclic) bond motifs is 34. The van der Waals surface area contributed by atoms with Gasteiger partial charge in [-0.25, -0.2) is 0 Å². The minimum atomic E-state index is -0.479. The number of benzene rings is 18. The van der Waals surface area contributed by atoms with E-state index in [1.165, 1.54) is 97.7 Å². The van der Waals surface area contributed by atoms with Crippen molar-refractivity contribution in [1.29, 1.82) is 21.0 Å². The number of nitrogens with zero attached hydrogens (tertiary/aromatic N) is 8. The number of aromatic nitrogens is 4. The summed E-state index contributed by atoms with van der Waals surface area (Å²) in [6.45, 7) is 9.35. The van der Waals surface area contributed by atoms with Gasteiger partial charge < -0.3 is 18.3 Å². The quantitative estimate of drug-likeness (QED) is 0.171. The second-order valence-corrected chi connectivity index (χ2v) is 35.8. The summed E-state index contributed by atoms with van der Waals surface area (Å²) in [7, 11) is 0. The van der Waals surface area contributed by atoms with Crippen LogP contribution >= 0.6 is 22.7 Å². The van der Waals surface area contributed by atoms with Crippen LogP contribution in [-0.2, 0) is 10.8 Å². The fraction of sp³-hybridized carbons (Fsp3) is 0.0545. The van der Waals surface area contributed by atoms with Gasteiger partial charge in [0.1, 0.15) is 24.3 Å². The van der Waals surface area contributed by atoms with Gasteiger partial charge >= 0.3 is 0 Å². The standard InChI is InChI=1S/C110H62N8S2/c1-109(2)85-42-34-59-19-5-7-21-67(59)101(85)83-50-81-73-26-13-15-29-89(73)115(97(81)53-86(83)109)93-46-64(56-112)94(47-63(93)55-111)116-90-30-16-14-27-74(90)82-51-84-87(54-98(82)116)110(3,4)88-52-80(70-23-9-10-28-75(70)102(84)88)62-33-37-69-61(45-62)36-44-100-104(69)79-41-39-77-72-25-12-18-32-92(72)118(106(77)108(79)120-100)96-49-65(57-113)95(48-66(96)58-114)117-91-31-17-11-24-71(91)76-38-40-78-103-68-22-8-6-20-60(68)35-43-99(103)119-107(78)105(76)117/h5-54H,1-4H3. The molecular formula is C110H62N8S2.